The summed E-state index contributed by atoms with van der Waals surface area (Å²) in [6.45, 7) is -0.148. The number of nitriles is 1. The number of anilines is 1. The van der Waals surface area contributed by atoms with Crippen molar-refractivity contribution in [2.24, 2.45) is 0 Å². The Hall–Kier alpha value is -2.66. The van der Waals surface area contributed by atoms with Crippen molar-refractivity contribution < 1.29 is 19.6 Å². The first kappa shape index (κ1) is 14.4. The Balaban J connectivity index is 2.63. The summed E-state index contributed by atoms with van der Waals surface area (Å²) in [7, 11) is 0. The van der Waals surface area contributed by atoms with Gasteiger partial charge in [-0.1, -0.05) is 0 Å². The molecule has 8 heteroatoms. The summed E-state index contributed by atoms with van der Waals surface area (Å²) in [6.07, 6.45) is 0. The zero-order chi connectivity index (χ0) is 14.3. The fraction of sp³-hybridized carbons (Fsp3) is 0.273. The van der Waals surface area contributed by atoms with E-state index in [9.17, 15) is 14.9 Å². The van der Waals surface area contributed by atoms with E-state index in [1.54, 1.807) is 0 Å². The summed E-state index contributed by atoms with van der Waals surface area (Å²) in [4.78, 5) is 20.4. The van der Waals surface area contributed by atoms with E-state index in [4.69, 9.17) is 15.1 Å². The molecule has 0 spiro atoms. The Kier molecular flexibility index (Phi) is 5.25. The molecule has 0 bridgehead atoms. The van der Waals surface area contributed by atoms with Crippen LogP contribution in [0.1, 0.15) is 5.56 Å². The average molecular weight is 265 g/mol. The van der Waals surface area contributed by atoms with Crippen LogP contribution in [0.2, 0.25) is 0 Å². The molecule has 1 aromatic rings. The number of carbonyl (C=O) groups is 1. The van der Waals surface area contributed by atoms with Gasteiger partial charge in [0.05, 0.1) is 23.2 Å². The number of ether oxygens (including phenoxy) is 1. The number of hydrogen-bond donors (Lipinski definition) is 2. The van der Waals surface area contributed by atoms with Gasteiger partial charge >= 0.3 is 5.97 Å². The van der Waals surface area contributed by atoms with Gasteiger partial charge in [0.1, 0.15) is 12.3 Å². The minimum Gasteiger partial charge on any atom is -0.480 e. The van der Waals surface area contributed by atoms with Gasteiger partial charge in [-0.05, 0) is 12.1 Å². The lowest BCUT2D eigenvalue weighted by Crippen LogP contribution is -2.14. The standard InChI is InChI=1S/C11H11N3O5/c12-6-8-1-2-10(14(17)18)9(5-8)13-3-4-19-7-11(15)16/h1-2,5,13H,3-4,7H2,(H,15,16). The molecule has 0 unspecified atom stereocenters. The largest absolute Gasteiger partial charge is 0.480 e. The number of carboxylic acids is 1. The van der Waals surface area contributed by atoms with E-state index in [1.165, 1.54) is 18.2 Å². The second-order valence-electron chi connectivity index (χ2n) is 3.47. The molecule has 1 rings (SSSR count). The van der Waals surface area contributed by atoms with E-state index in [0.29, 0.717) is 5.56 Å². The van der Waals surface area contributed by atoms with E-state index in [1.807, 2.05) is 6.07 Å². The molecule has 0 aliphatic carbocycles. The van der Waals surface area contributed by atoms with E-state index in [-0.39, 0.29) is 24.5 Å². The molecule has 0 saturated heterocycles. The monoisotopic (exact) mass is 265 g/mol. The van der Waals surface area contributed by atoms with Gasteiger partial charge < -0.3 is 15.2 Å². The molecule has 1 aromatic carbocycles. The summed E-state index contributed by atoms with van der Waals surface area (Å²) in [5.74, 6) is -1.09. The lowest BCUT2D eigenvalue weighted by molar-refractivity contribution is -0.384. The summed E-state index contributed by atoms with van der Waals surface area (Å²) in [5, 5.41) is 30.6. The molecular weight excluding hydrogens is 254 g/mol. The number of nitrogens with one attached hydrogen (secondary N) is 1. The number of nitro groups is 1. The van der Waals surface area contributed by atoms with Crippen molar-refractivity contribution in [1.82, 2.24) is 0 Å². The SMILES string of the molecule is N#Cc1ccc([N+](=O)[O-])c(NCCOCC(=O)O)c1. The fourth-order valence-corrected chi connectivity index (χ4v) is 1.32. The highest BCUT2D eigenvalue weighted by Gasteiger charge is 2.13. The van der Waals surface area contributed by atoms with Crippen LogP contribution in [0.3, 0.4) is 0 Å². The molecule has 0 aliphatic rings. The maximum atomic E-state index is 10.8. The fourth-order valence-electron chi connectivity index (χ4n) is 1.32. The number of benzene rings is 1. The summed E-state index contributed by atoms with van der Waals surface area (Å²) < 4.78 is 4.78. The molecule has 0 heterocycles. The van der Waals surface area contributed by atoms with Gasteiger partial charge in [0, 0.05) is 12.6 Å². The predicted molar refractivity (Wildman–Crippen MR) is 64.8 cm³/mol. The highest BCUT2D eigenvalue weighted by Crippen LogP contribution is 2.24. The van der Waals surface area contributed by atoms with Gasteiger partial charge in [-0.2, -0.15) is 5.26 Å². The third-order valence-corrected chi connectivity index (χ3v) is 2.11. The van der Waals surface area contributed by atoms with Gasteiger partial charge in [-0.15, -0.1) is 0 Å². The van der Waals surface area contributed by atoms with Crippen LogP contribution in [-0.4, -0.2) is 35.8 Å². The van der Waals surface area contributed by atoms with Crippen molar-refractivity contribution >= 4 is 17.3 Å². The lowest BCUT2D eigenvalue weighted by atomic mass is 10.2. The number of nitro benzene ring substituents is 1. The van der Waals surface area contributed by atoms with Gasteiger partial charge in [-0.25, -0.2) is 4.79 Å². The van der Waals surface area contributed by atoms with Crippen molar-refractivity contribution in [3.8, 4) is 6.07 Å². The molecule has 0 aromatic heterocycles. The molecule has 8 nitrogen and oxygen atoms in total. The maximum absolute atomic E-state index is 10.8. The minimum absolute atomic E-state index is 0.0836. The lowest BCUT2D eigenvalue weighted by Gasteiger charge is -2.07. The van der Waals surface area contributed by atoms with Gasteiger partial charge in [0.15, 0.2) is 0 Å². The first-order valence-electron chi connectivity index (χ1n) is 5.26. The Morgan fingerprint density at radius 3 is 2.89 bits per heavy atom. The summed E-state index contributed by atoms with van der Waals surface area (Å²) in [5.41, 5.74) is 0.333. The molecule has 0 radical (unpaired) electrons. The van der Waals surface area contributed by atoms with E-state index in [2.05, 4.69) is 5.32 Å². The minimum atomic E-state index is -1.09. The number of aliphatic carboxylic acids is 1. The Bertz CT molecular complexity index is 524. The van der Waals surface area contributed by atoms with Crippen LogP contribution in [0.15, 0.2) is 18.2 Å². The van der Waals surface area contributed by atoms with Gasteiger partial charge in [0.2, 0.25) is 0 Å². The Morgan fingerprint density at radius 1 is 1.58 bits per heavy atom. The van der Waals surface area contributed by atoms with Crippen molar-refractivity contribution in [2.45, 2.75) is 0 Å². The van der Waals surface area contributed by atoms with Crippen LogP contribution in [-0.2, 0) is 9.53 Å². The maximum Gasteiger partial charge on any atom is 0.329 e. The molecule has 2 N–H and O–H groups in total. The molecule has 0 saturated carbocycles. The Labute approximate surface area is 108 Å². The van der Waals surface area contributed by atoms with E-state index >= 15 is 0 Å². The van der Waals surface area contributed by atoms with Crippen molar-refractivity contribution in [2.75, 3.05) is 25.1 Å². The topological polar surface area (TPSA) is 125 Å². The summed E-state index contributed by atoms with van der Waals surface area (Å²) >= 11 is 0. The van der Waals surface area contributed by atoms with Crippen LogP contribution < -0.4 is 5.32 Å². The number of rotatable bonds is 7. The first-order valence-corrected chi connectivity index (χ1v) is 5.26. The smallest absolute Gasteiger partial charge is 0.329 e. The molecule has 0 atom stereocenters. The average Bonchev–Trinajstić information content (AvgIpc) is 2.37. The van der Waals surface area contributed by atoms with Crippen LogP contribution in [0.5, 0.6) is 0 Å². The zero-order valence-corrected chi connectivity index (χ0v) is 9.83. The van der Waals surface area contributed by atoms with Crippen molar-refractivity contribution in [3.63, 3.8) is 0 Å². The number of nitrogens with zero attached hydrogens (tertiary/aromatic N) is 2. The first-order chi connectivity index (χ1) is 9.04. The highest BCUT2D eigenvalue weighted by atomic mass is 16.6. The zero-order valence-electron chi connectivity index (χ0n) is 9.83. The highest BCUT2D eigenvalue weighted by molar-refractivity contribution is 5.68. The van der Waals surface area contributed by atoms with Crippen molar-refractivity contribution in [3.05, 3.63) is 33.9 Å². The third-order valence-electron chi connectivity index (χ3n) is 2.11. The molecule has 0 fully saturated rings. The van der Waals surface area contributed by atoms with Gasteiger partial charge in [-0.3, -0.25) is 10.1 Å². The molecule has 0 aliphatic heterocycles. The normalized spacial score (nSPS) is 9.63. The molecular formula is C11H11N3O5. The Morgan fingerprint density at radius 2 is 2.32 bits per heavy atom. The number of carboxylic acid groups (broad SMARTS) is 1. The van der Waals surface area contributed by atoms with Crippen LogP contribution >= 0.6 is 0 Å². The molecule has 0 amide bonds. The molecule has 19 heavy (non-hydrogen) atoms. The second kappa shape index (κ2) is 6.93. The number of hydrogen-bond acceptors (Lipinski definition) is 6. The van der Waals surface area contributed by atoms with Crippen molar-refractivity contribution in [1.29, 1.82) is 5.26 Å². The van der Waals surface area contributed by atoms with Crippen LogP contribution in [0.25, 0.3) is 0 Å². The van der Waals surface area contributed by atoms with Crippen LogP contribution in [0.4, 0.5) is 11.4 Å². The third kappa shape index (κ3) is 4.61. The van der Waals surface area contributed by atoms with E-state index < -0.39 is 17.5 Å². The summed E-state index contributed by atoms with van der Waals surface area (Å²) in [6, 6.07) is 5.82. The predicted octanol–water partition coefficient (Wildman–Crippen LogP) is 0.980. The quantitative estimate of drug-likeness (QED) is 0.427. The molecule has 100 valence electrons. The van der Waals surface area contributed by atoms with Crippen LogP contribution in [0, 0.1) is 21.4 Å². The van der Waals surface area contributed by atoms with E-state index in [0.717, 1.165) is 0 Å². The second-order valence-corrected chi connectivity index (χ2v) is 3.47. The van der Waals surface area contributed by atoms with Gasteiger partial charge in [0.25, 0.3) is 5.69 Å².